The van der Waals surface area contributed by atoms with Gasteiger partial charge in [-0.1, -0.05) is 54.6 Å². The van der Waals surface area contributed by atoms with E-state index in [1.807, 2.05) is 61.5 Å². The third-order valence-electron chi connectivity index (χ3n) is 6.22. The molecule has 2 N–H and O–H groups in total. The van der Waals surface area contributed by atoms with E-state index in [1.54, 1.807) is 0 Å². The van der Waals surface area contributed by atoms with Crippen LogP contribution in [0, 0.1) is 5.92 Å². The number of fused-ring (bicyclic) bond motifs is 3. The van der Waals surface area contributed by atoms with Gasteiger partial charge in [-0.05, 0) is 60.7 Å². The van der Waals surface area contributed by atoms with E-state index in [4.69, 9.17) is 4.74 Å². The molecule has 156 valence electrons. The molecule has 1 amide bonds. The maximum atomic E-state index is 13.2. The maximum absolute atomic E-state index is 13.2. The molecule has 3 atom stereocenters. The molecule has 1 heterocycles. The Labute approximate surface area is 183 Å². The van der Waals surface area contributed by atoms with Gasteiger partial charge in [0.05, 0.1) is 23.9 Å². The number of hydrogen-bond acceptors (Lipinski definition) is 3. The van der Waals surface area contributed by atoms with Crippen molar-refractivity contribution in [1.82, 2.24) is 0 Å². The van der Waals surface area contributed by atoms with Crippen molar-refractivity contribution in [3.63, 3.8) is 0 Å². The molecule has 3 aromatic rings. The number of nitrogens with one attached hydrogen (secondary N) is 2. The molecule has 2 aliphatic rings. The lowest BCUT2D eigenvalue weighted by Gasteiger charge is -2.38. The predicted octanol–water partition coefficient (Wildman–Crippen LogP) is 6.16. The lowest BCUT2D eigenvalue weighted by Crippen LogP contribution is -2.30. The van der Waals surface area contributed by atoms with E-state index in [0.29, 0.717) is 24.0 Å². The number of carbonyl (C=O) groups excluding carboxylic acids is 1. The molecule has 3 unspecified atom stereocenters. The van der Waals surface area contributed by atoms with Crippen LogP contribution in [0.1, 0.15) is 46.8 Å². The molecule has 1 aliphatic heterocycles. The lowest BCUT2D eigenvalue weighted by molar-refractivity contribution is 0.102. The molecule has 0 aromatic heterocycles. The van der Waals surface area contributed by atoms with Gasteiger partial charge < -0.3 is 15.4 Å². The van der Waals surface area contributed by atoms with Crippen LogP contribution in [-0.2, 0) is 0 Å². The van der Waals surface area contributed by atoms with Crippen molar-refractivity contribution in [2.45, 2.75) is 25.3 Å². The monoisotopic (exact) mass is 410 g/mol. The second kappa shape index (κ2) is 8.31. The summed E-state index contributed by atoms with van der Waals surface area (Å²) in [6.07, 6.45) is 5.59. The summed E-state index contributed by atoms with van der Waals surface area (Å²) in [5.74, 6) is 1.52. The molecule has 4 nitrogen and oxygen atoms in total. The van der Waals surface area contributed by atoms with Gasteiger partial charge in [-0.15, -0.1) is 0 Å². The Balaban J connectivity index is 1.49. The summed E-state index contributed by atoms with van der Waals surface area (Å²) < 4.78 is 5.61. The van der Waals surface area contributed by atoms with Crippen LogP contribution in [0.3, 0.4) is 0 Å². The minimum absolute atomic E-state index is 0.0959. The normalized spacial score (nSPS) is 21.0. The fourth-order valence-corrected chi connectivity index (χ4v) is 4.80. The second-order valence-electron chi connectivity index (χ2n) is 8.07. The van der Waals surface area contributed by atoms with Crippen molar-refractivity contribution < 1.29 is 9.53 Å². The number of allylic oxidation sites excluding steroid dienone is 2. The third-order valence-corrected chi connectivity index (χ3v) is 6.22. The average Bonchev–Trinajstić information content (AvgIpc) is 3.30. The standard InChI is InChI=1S/C27H26N2O2/c1-2-31-20-16-14-18(15-17-20)25-22-11-6-10-21(22)23-12-7-13-24(26(23)29-25)27(30)28-19-8-4-3-5-9-19/h3-10,12-17,21-22,25,29H,2,11H2,1H3,(H,28,30). The van der Waals surface area contributed by atoms with Gasteiger partial charge in [-0.2, -0.15) is 0 Å². The first-order chi connectivity index (χ1) is 15.2. The van der Waals surface area contributed by atoms with E-state index >= 15 is 0 Å². The first-order valence-corrected chi connectivity index (χ1v) is 10.9. The fraction of sp³-hybridized carbons (Fsp3) is 0.222. The molecule has 0 spiro atoms. The first-order valence-electron chi connectivity index (χ1n) is 10.9. The van der Waals surface area contributed by atoms with Gasteiger partial charge in [0.1, 0.15) is 5.75 Å². The summed E-state index contributed by atoms with van der Waals surface area (Å²) in [5.41, 5.74) is 4.81. The number of hydrogen-bond donors (Lipinski definition) is 2. The van der Waals surface area contributed by atoms with Gasteiger partial charge in [-0.25, -0.2) is 0 Å². The van der Waals surface area contributed by atoms with Crippen LogP contribution in [0.4, 0.5) is 11.4 Å². The van der Waals surface area contributed by atoms with Crippen molar-refractivity contribution in [3.8, 4) is 5.75 Å². The summed E-state index contributed by atoms with van der Waals surface area (Å²) in [6.45, 7) is 2.65. The Bertz CT molecular complexity index is 1110. The summed E-state index contributed by atoms with van der Waals surface area (Å²) in [4.78, 5) is 13.2. The summed E-state index contributed by atoms with van der Waals surface area (Å²) in [5, 5.41) is 6.76. The van der Waals surface area contributed by atoms with Crippen LogP contribution in [0.25, 0.3) is 0 Å². The summed E-state index contributed by atoms with van der Waals surface area (Å²) in [7, 11) is 0. The minimum Gasteiger partial charge on any atom is -0.494 e. The highest BCUT2D eigenvalue weighted by Gasteiger charge is 2.39. The zero-order valence-electron chi connectivity index (χ0n) is 17.5. The molecule has 3 aromatic carbocycles. The van der Waals surface area contributed by atoms with Crippen LogP contribution in [-0.4, -0.2) is 12.5 Å². The number of rotatable bonds is 5. The molecule has 0 saturated heterocycles. The first kappa shape index (κ1) is 19.4. The fourth-order valence-electron chi connectivity index (χ4n) is 4.80. The Morgan fingerprint density at radius 2 is 1.84 bits per heavy atom. The van der Waals surface area contributed by atoms with E-state index in [9.17, 15) is 4.79 Å². The molecule has 5 rings (SSSR count). The number of amides is 1. The maximum Gasteiger partial charge on any atom is 0.257 e. The highest BCUT2D eigenvalue weighted by atomic mass is 16.5. The zero-order valence-corrected chi connectivity index (χ0v) is 17.5. The predicted molar refractivity (Wildman–Crippen MR) is 125 cm³/mol. The van der Waals surface area contributed by atoms with Crippen LogP contribution in [0.15, 0.2) is 84.9 Å². The van der Waals surface area contributed by atoms with Crippen LogP contribution in [0.5, 0.6) is 5.75 Å². The highest BCUT2D eigenvalue weighted by molar-refractivity contribution is 6.08. The Hall–Kier alpha value is -3.53. The molecule has 0 bridgehead atoms. The Morgan fingerprint density at radius 3 is 2.61 bits per heavy atom. The number of para-hydroxylation sites is 2. The van der Waals surface area contributed by atoms with Crippen molar-refractivity contribution >= 4 is 17.3 Å². The number of anilines is 2. The molecule has 31 heavy (non-hydrogen) atoms. The van der Waals surface area contributed by atoms with Gasteiger partial charge in [0.2, 0.25) is 0 Å². The number of benzene rings is 3. The van der Waals surface area contributed by atoms with E-state index in [0.717, 1.165) is 23.5 Å². The Kier molecular flexibility index (Phi) is 5.21. The van der Waals surface area contributed by atoms with Gasteiger partial charge in [0.25, 0.3) is 5.91 Å². The van der Waals surface area contributed by atoms with Crippen LogP contribution in [0.2, 0.25) is 0 Å². The zero-order chi connectivity index (χ0) is 21.2. The van der Waals surface area contributed by atoms with Crippen molar-refractivity contribution in [2.75, 3.05) is 17.2 Å². The molecular formula is C27H26N2O2. The molecule has 0 saturated carbocycles. The Morgan fingerprint density at radius 1 is 1.03 bits per heavy atom. The molecular weight excluding hydrogens is 384 g/mol. The number of carbonyl (C=O) groups is 1. The molecule has 1 aliphatic carbocycles. The molecule has 4 heteroatoms. The highest BCUT2D eigenvalue weighted by Crippen LogP contribution is 2.50. The lowest BCUT2D eigenvalue weighted by atomic mass is 9.76. The van der Waals surface area contributed by atoms with Crippen molar-refractivity contribution in [2.24, 2.45) is 5.92 Å². The quantitative estimate of drug-likeness (QED) is 0.495. The van der Waals surface area contributed by atoms with Crippen LogP contribution < -0.4 is 15.4 Å². The van der Waals surface area contributed by atoms with E-state index in [-0.39, 0.29) is 11.9 Å². The van der Waals surface area contributed by atoms with E-state index < -0.39 is 0 Å². The van der Waals surface area contributed by atoms with Crippen LogP contribution >= 0.6 is 0 Å². The summed E-state index contributed by atoms with van der Waals surface area (Å²) in [6, 6.07) is 24.1. The minimum atomic E-state index is -0.0959. The van der Waals surface area contributed by atoms with Gasteiger partial charge in [0.15, 0.2) is 0 Å². The number of ether oxygens (including phenoxy) is 1. The van der Waals surface area contributed by atoms with E-state index in [1.165, 1.54) is 11.1 Å². The molecule has 0 radical (unpaired) electrons. The average molecular weight is 411 g/mol. The topological polar surface area (TPSA) is 50.4 Å². The van der Waals surface area contributed by atoms with Crippen molar-refractivity contribution in [1.29, 1.82) is 0 Å². The van der Waals surface area contributed by atoms with Crippen molar-refractivity contribution in [3.05, 3.63) is 102 Å². The molecule has 0 fully saturated rings. The van der Waals surface area contributed by atoms with Gasteiger partial charge in [0, 0.05) is 11.6 Å². The SMILES string of the molecule is CCOc1ccc(C2Nc3c(C(=O)Nc4ccccc4)cccc3C3C=CCC32)cc1. The second-order valence-corrected chi connectivity index (χ2v) is 8.07. The summed E-state index contributed by atoms with van der Waals surface area (Å²) >= 11 is 0. The van der Waals surface area contributed by atoms with Gasteiger partial charge >= 0.3 is 0 Å². The van der Waals surface area contributed by atoms with E-state index in [2.05, 4.69) is 41.0 Å². The smallest absolute Gasteiger partial charge is 0.257 e. The third kappa shape index (κ3) is 3.70. The largest absolute Gasteiger partial charge is 0.494 e. The van der Waals surface area contributed by atoms with Gasteiger partial charge in [-0.3, -0.25) is 4.79 Å².